The molecular weight excluding hydrogens is 879 g/mol. The van der Waals surface area contributed by atoms with Crippen molar-refractivity contribution in [1.29, 1.82) is 0 Å². The Morgan fingerprint density at radius 1 is 0.324 bits per heavy atom. The van der Waals surface area contributed by atoms with Crippen molar-refractivity contribution in [3.8, 4) is 27.9 Å². The molecule has 1 atom stereocenters. The number of anilines is 5. The summed E-state index contributed by atoms with van der Waals surface area (Å²) in [5.41, 5.74) is 16.6. The van der Waals surface area contributed by atoms with Crippen molar-refractivity contribution in [2.45, 2.75) is 5.54 Å². The molecule has 0 saturated heterocycles. The lowest BCUT2D eigenvalue weighted by atomic mass is 9.78. The molecule has 0 N–H and O–H groups in total. The van der Waals surface area contributed by atoms with Crippen LogP contribution in [0.5, 0.6) is 0 Å². The van der Waals surface area contributed by atoms with Gasteiger partial charge in [-0.1, -0.05) is 188 Å². The molecule has 0 radical (unpaired) electrons. The summed E-state index contributed by atoms with van der Waals surface area (Å²) < 4.78 is 5.04. The lowest BCUT2D eigenvalue weighted by molar-refractivity contribution is 0.644. The summed E-state index contributed by atoms with van der Waals surface area (Å²) in [7, 11) is 0. The number of hydrogen-bond acceptors (Lipinski definition) is 3. The fourth-order valence-electron chi connectivity index (χ4n) is 11.6. The van der Waals surface area contributed by atoms with Crippen molar-refractivity contribution in [2.24, 2.45) is 0 Å². The van der Waals surface area contributed by atoms with Crippen LogP contribution in [0.3, 0.4) is 0 Å². The van der Waals surface area contributed by atoms with Gasteiger partial charge in [0, 0.05) is 64.9 Å². The van der Waals surface area contributed by atoms with Gasteiger partial charge in [0.25, 0.3) is 0 Å². The van der Waals surface area contributed by atoms with Crippen LogP contribution >= 0.6 is 11.3 Å². The Bertz CT molecular complexity index is 4120. The summed E-state index contributed by atoms with van der Waals surface area (Å²) in [5, 5.41) is 4.98. The maximum atomic E-state index is 2.62. The number of rotatable bonds is 9. The Morgan fingerprint density at radius 2 is 0.887 bits per heavy atom. The van der Waals surface area contributed by atoms with E-state index in [1.165, 1.54) is 75.4 Å². The van der Waals surface area contributed by atoms with Gasteiger partial charge in [-0.2, -0.15) is 0 Å². The van der Waals surface area contributed by atoms with Crippen molar-refractivity contribution in [3.05, 3.63) is 290 Å². The Kier molecular flexibility index (Phi) is 9.61. The highest BCUT2D eigenvalue weighted by molar-refractivity contribution is 7.25. The third kappa shape index (κ3) is 6.42. The average molecular weight is 924 g/mol. The van der Waals surface area contributed by atoms with Crippen LogP contribution in [0.4, 0.5) is 28.4 Å². The molecule has 1 aliphatic rings. The molecule has 3 nitrogen and oxygen atoms in total. The van der Waals surface area contributed by atoms with E-state index >= 15 is 0 Å². The fraction of sp³-hybridized carbons (Fsp3) is 0.0149. The lowest BCUT2D eigenvalue weighted by Crippen LogP contribution is -2.44. The molecule has 0 aliphatic heterocycles. The second-order valence-electron chi connectivity index (χ2n) is 18.4. The van der Waals surface area contributed by atoms with Crippen LogP contribution in [-0.4, -0.2) is 4.57 Å². The summed E-state index contributed by atoms with van der Waals surface area (Å²) in [6.07, 6.45) is 0. The molecule has 14 rings (SSSR count). The largest absolute Gasteiger partial charge is 0.323 e. The van der Waals surface area contributed by atoms with Crippen molar-refractivity contribution in [1.82, 2.24) is 4.57 Å². The monoisotopic (exact) mass is 923 g/mol. The Balaban J connectivity index is 1.04. The Hall–Kier alpha value is -8.96. The van der Waals surface area contributed by atoms with E-state index in [1.807, 2.05) is 11.3 Å². The maximum absolute atomic E-state index is 2.62. The van der Waals surface area contributed by atoms with Crippen LogP contribution in [0.25, 0.3) is 69.9 Å². The smallest absolute Gasteiger partial charge is 0.122 e. The summed E-state index contributed by atoms with van der Waals surface area (Å²) in [6, 6.07) is 101. The highest BCUT2D eigenvalue weighted by Gasteiger charge is 2.50. The minimum Gasteiger partial charge on any atom is -0.323 e. The molecule has 11 aromatic carbocycles. The number of hydrogen-bond donors (Lipinski definition) is 0. The van der Waals surface area contributed by atoms with Gasteiger partial charge in [-0.05, 0) is 118 Å². The standard InChI is InChI=1S/C67H45N3S/c1-5-21-46(22-6-1)53-29-14-18-34-62(53)69-63-35-19-15-31-56(63)57-41-38-51(45-64(57)69)68(48-25-9-3-10-26-48)50-37-40-55-54-30-13-17-33-60(54)67(61(55)44-50,47-23-7-2-8-24-47)70(49-27-11-4-12-28-49)52-39-42-66-59(43-52)58-32-16-20-36-65(58)71-66/h1-45H. The summed E-state index contributed by atoms with van der Waals surface area (Å²) in [4.78, 5) is 5.06. The summed E-state index contributed by atoms with van der Waals surface area (Å²) in [6.45, 7) is 0. The molecule has 0 fully saturated rings. The number of para-hydroxylation sites is 4. The number of thiophene rings is 1. The molecule has 0 spiro atoms. The van der Waals surface area contributed by atoms with Gasteiger partial charge in [0.15, 0.2) is 0 Å². The first-order valence-corrected chi connectivity index (χ1v) is 25.2. The van der Waals surface area contributed by atoms with E-state index in [-0.39, 0.29) is 0 Å². The van der Waals surface area contributed by atoms with Gasteiger partial charge in [-0.3, -0.25) is 0 Å². The first kappa shape index (κ1) is 41.1. The number of fused-ring (bicyclic) bond motifs is 9. The molecule has 13 aromatic rings. The van der Waals surface area contributed by atoms with Crippen LogP contribution in [0, 0.1) is 0 Å². The molecule has 1 unspecified atom stereocenters. The SMILES string of the molecule is c1ccc(-c2ccccc2-n2c3ccccc3c3ccc(N(c4ccccc4)c4ccc5c(c4)C(c4ccccc4)(N(c4ccccc4)c4ccc6sc7ccccc7c6c4)c4ccccc4-5)cc32)cc1. The van der Waals surface area contributed by atoms with E-state index in [1.54, 1.807) is 0 Å². The average Bonchev–Trinajstić information content (AvgIpc) is 4.09. The van der Waals surface area contributed by atoms with Crippen molar-refractivity contribution in [2.75, 3.05) is 9.80 Å². The topological polar surface area (TPSA) is 11.4 Å². The van der Waals surface area contributed by atoms with Crippen LogP contribution in [0.1, 0.15) is 16.7 Å². The molecule has 0 amide bonds. The predicted molar refractivity (Wildman–Crippen MR) is 301 cm³/mol. The van der Waals surface area contributed by atoms with Gasteiger partial charge < -0.3 is 14.4 Å². The second kappa shape index (κ2) is 16.6. The normalized spacial score (nSPS) is 14.0. The Labute approximate surface area is 417 Å². The third-order valence-electron chi connectivity index (χ3n) is 14.6. The molecule has 334 valence electrons. The van der Waals surface area contributed by atoms with Gasteiger partial charge in [0.05, 0.1) is 16.7 Å². The van der Waals surface area contributed by atoms with Crippen LogP contribution < -0.4 is 9.80 Å². The van der Waals surface area contributed by atoms with E-state index in [0.717, 1.165) is 39.6 Å². The first-order valence-electron chi connectivity index (χ1n) is 24.3. The summed E-state index contributed by atoms with van der Waals surface area (Å²) in [5.74, 6) is 0. The van der Waals surface area contributed by atoms with E-state index in [9.17, 15) is 0 Å². The van der Waals surface area contributed by atoms with Crippen LogP contribution in [0.2, 0.25) is 0 Å². The first-order chi connectivity index (χ1) is 35.2. The van der Waals surface area contributed by atoms with Gasteiger partial charge in [-0.25, -0.2) is 0 Å². The minimum absolute atomic E-state index is 0.788. The molecule has 1 aliphatic carbocycles. The number of benzene rings is 11. The van der Waals surface area contributed by atoms with Crippen molar-refractivity contribution < 1.29 is 0 Å². The van der Waals surface area contributed by atoms with Gasteiger partial charge >= 0.3 is 0 Å². The number of nitrogens with zero attached hydrogens (tertiary/aromatic N) is 3. The van der Waals surface area contributed by atoms with Gasteiger partial charge in [0.2, 0.25) is 0 Å². The summed E-state index contributed by atoms with van der Waals surface area (Å²) >= 11 is 1.86. The van der Waals surface area contributed by atoms with E-state index < -0.39 is 5.54 Å². The van der Waals surface area contributed by atoms with E-state index in [4.69, 9.17) is 0 Å². The predicted octanol–water partition coefficient (Wildman–Crippen LogP) is 18.4. The molecule has 2 aromatic heterocycles. The molecular formula is C67H45N3S. The molecule has 0 saturated carbocycles. The molecule has 4 heteroatoms. The van der Waals surface area contributed by atoms with Crippen molar-refractivity contribution in [3.63, 3.8) is 0 Å². The quantitative estimate of drug-likeness (QED) is 0.143. The molecule has 0 bridgehead atoms. The second-order valence-corrected chi connectivity index (χ2v) is 19.5. The zero-order chi connectivity index (χ0) is 46.9. The molecule has 2 heterocycles. The molecule has 71 heavy (non-hydrogen) atoms. The zero-order valence-electron chi connectivity index (χ0n) is 38.7. The van der Waals surface area contributed by atoms with Crippen molar-refractivity contribution >= 4 is 81.8 Å². The van der Waals surface area contributed by atoms with E-state index in [2.05, 4.69) is 287 Å². The Morgan fingerprint density at radius 3 is 1.69 bits per heavy atom. The third-order valence-corrected chi connectivity index (χ3v) is 15.7. The fourth-order valence-corrected chi connectivity index (χ4v) is 12.7. The lowest BCUT2D eigenvalue weighted by Gasteiger charge is -2.45. The van der Waals surface area contributed by atoms with Crippen LogP contribution in [-0.2, 0) is 5.54 Å². The zero-order valence-corrected chi connectivity index (χ0v) is 39.5. The van der Waals surface area contributed by atoms with E-state index in [0.29, 0.717) is 0 Å². The van der Waals surface area contributed by atoms with Crippen LogP contribution in [0.15, 0.2) is 273 Å². The number of aromatic nitrogens is 1. The maximum Gasteiger partial charge on any atom is 0.122 e. The highest BCUT2D eigenvalue weighted by Crippen LogP contribution is 2.59. The van der Waals surface area contributed by atoms with Gasteiger partial charge in [-0.15, -0.1) is 11.3 Å². The highest BCUT2D eigenvalue weighted by atomic mass is 32.1. The van der Waals surface area contributed by atoms with Gasteiger partial charge in [0.1, 0.15) is 5.54 Å². The minimum atomic E-state index is -0.788.